The van der Waals surface area contributed by atoms with Crippen LogP contribution in [0.25, 0.3) is 0 Å². The Morgan fingerprint density at radius 1 is 1.12 bits per heavy atom. The fourth-order valence-corrected chi connectivity index (χ4v) is 2.15. The summed E-state index contributed by atoms with van der Waals surface area (Å²) in [6, 6.07) is 7.92. The summed E-state index contributed by atoms with van der Waals surface area (Å²) in [6.45, 7) is 10.9. The SMILES string of the molecule is CCC(C)(C)c1ccc(OC(C)C(=O)NCCCNC(C)=O)cc1. The van der Waals surface area contributed by atoms with Crippen LogP contribution in [0.1, 0.15) is 53.0 Å². The molecule has 0 saturated carbocycles. The van der Waals surface area contributed by atoms with Gasteiger partial charge in [-0.15, -0.1) is 0 Å². The van der Waals surface area contributed by atoms with Gasteiger partial charge in [0.1, 0.15) is 5.75 Å². The van der Waals surface area contributed by atoms with Crippen molar-refractivity contribution in [1.29, 1.82) is 0 Å². The number of hydrogen-bond acceptors (Lipinski definition) is 3. The van der Waals surface area contributed by atoms with Crippen molar-refractivity contribution in [2.24, 2.45) is 0 Å². The van der Waals surface area contributed by atoms with E-state index in [0.29, 0.717) is 25.3 Å². The van der Waals surface area contributed by atoms with Gasteiger partial charge in [0.25, 0.3) is 5.91 Å². The topological polar surface area (TPSA) is 67.4 Å². The first-order valence-corrected chi connectivity index (χ1v) is 8.55. The molecule has 0 saturated heterocycles. The van der Waals surface area contributed by atoms with Crippen molar-refractivity contribution in [2.75, 3.05) is 13.1 Å². The van der Waals surface area contributed by atoms with Crippen molar-refractivity contribution >= 4 is 11.8 Å². The van der Waals surface area contributed by atoms with Crippen molar-refractivity contribution in [3.05, 3.63) is 29.8 Å². The zero-order valence-corrected chi connectivity index (χ0v) is 15.4. The normalized spacial score (nSPS) is 12.4. The number of nitrogens with one attached hydrogen (secondary N) is 2. The maximum absolute atomic E-state index is 12.0. The van der Waals surface area contributed by atoms with Crippen molar-refractivity contribution in [2.45, 2.75) is 59.0 Å². The molecule has 1 aromatic carbocycles. The van der Waals surface area contributed by atoms with Gasteiger partial charge < -0.3 is 15.4 Å². The maximum Gasteiger partial charge on any atom is 0.260 e. The van der Waals surface area contributed by atoms with Crippen LogP contribution in [0.3, 0.4) is 0 Å². The molecule has 0 bridgehead atoms. The fraction of sp³-hybridized carbons (Fsp3) is 0.579. The molecule has 1 atom stereocenters. The van der Waals surface area contributed by atoms with Crippen molar-refractivity contribution in [1.82, 2.24) is 10.6 Å². The van der Waals surface area contributed by atoms with Gasteiger partial charge in [-0.2, -0.15) is 0 Å². The van der Waals surface area contributed by atoms with E-state index in [4.69, 9.17) is 4.74 Å². The van der Waals surface area contributed by atoms with Crippen LogP contribution in [-0.4, -0.2) is 31.0 Å². The Kier molecular flexibility index (Phi) is 7.75. The first-order valence-electron chi connectivity index (χ1n) is 8.55. The van der Waals surface area contributed by atoms with E-state index in [1.807, 2.05) is 12.1 Å². The first kappa shape index (κ1) is 20.0. The third-order valence-corrected chi connectivity index (χ3v) is 4.23. The molecule has 0 spiro atoms. The van der Waals surface area contributed by atoms with Crippen LogP contribution >= 0.6 is 0 Å². The molecule has 0 radical (unpaired) electrons. The molecule has 5 nitrogen and oxygen atoms in total. The molecule has 1 aromatic rings. The van der Waals surface area contributed by atoms with E-state index in [1.54, 1.807) is 6.92 Å². The van der Waals surface area contributed by atoms with Crippen LogP contribution < -0.4 is 15.4 Å². The number of rotatable bonds is 9. The first-order chi connectivity index (χ1) is 11.3. The van der Waals surface area contributed by atoms with Crippen LogP contribution in [0.2, 0.25) is 0 Å². The summed E-state index contributed by atoms with van der Waals surface area (Å²) < 4.78 is 5.69. The lowest BCUT2D eigenvalue weighted by Gasteiger charge is -2.23. The van der Waals surface area contributed by atoms with E-state index in [9.17, 15) is 9.59 Å². The molecule has 24 heavy (non-hydrogen) atoms. The highest BCUT2D eigenvalue weighted by Crippen LogP contribution is 2.28. The van der Waals surface area contributed by atoms with E-state index in [2.05, 4.69) is 43.5 Å². The quantitative estimate of drug-likeness (QED) is 0.682. The molecule has 0 aliphatic heterocycles. The molecule has 0 heterocycles. The predicted octanol–water partition coefficient (Wildman–Crippen LogP) is 2.78. The summed E-state index contributed by atoms with van der Waals surface area (Å²) in [6.07, 6.45) is 1.19. The highest BCUT2D eigenvalue weighted by atomic mass is 16.5. The molecule has 5 heteroatoms. The second kappa shape index (κ2) is 9.30. The minimum absolute atomic E-state index is 0.0623. The lowest BCUT2D eigenvalue weighted by molar-refractivity contribution is -0.127. The van der Waals surface area contributed by atoms with Crippen LogP contribution in [-0.2, 0) is 15.0 Å². The predicted molar refractivity (Wildman–Crippen MR) is 96.2 cm³/mol. The number of ether oxygens (including phenoxy) is 1. The van der Waals surface area contributed by atoms with Gasteiger partial charge in [0.2, 0.25) is 5.91 Å². The average Bonchev–Trinajstić information content (AvgIpc) is 2.54. The molecule has 2 amide bonds. The lowest BCUT2D eigenvalue weighted by atomic mass is 9.82. The minimum Gasteiger partial charge on any atom is -0.481 e. The van der Waals surface area contributed by atoms with Gasteiger partial charge in [0, 0.05) is 20.0 Å². The molecule has 1 rings (SSSR count). The molecule has 1 unspecified atom stereocenters. The monoisotopic (exact) mass is 334 g/mol. The molecule has 2 N–H and O–H groups in total. The average molecular weight is 334 g/mol. The van der Waals surface area contributed by atoms with Gasteiger partial charge in [0.15, 0.2) is 6.10 Å². The van der Waals surface area contributed by atoms with E-state index in [1.165, 1.54) is 12.5 Å². The van der Waals surface area contributed by atoms with Crippen LogP contribution in [0.15, 0.2) is 24.3 Å². The number of benzene rings is 1. The molecule has 0 aliphatic carbocycles. The molecule has 0 aromatic heterocycles. The van der Waals surface area contributed by atoms with Crippen LogP contribution in [0, 0.1) is 0 Å². The summed E-state index contributed by atoms with van der Waals surface area (Å²) >= 11 is 0. The van der Waals surface area contributed by atoms with Gasteiger partial charge in [0.05, 0.1) is 0 Å². The summed E-state index contributed by atoms with van der Waals surface area (Å²) in [4.78, 5) is 22.7. The van der Waals surface area contributed by atoms with E-state index in [0.717, 1.165) is 6.42 Å². The molecular formula is C19H30N2O3. The minimum atomic E-state index is -0.559. The van der Waals surface area contributed by atoms with Gasteiger partial charge in [-0.3, -0.25) is 9.59 Å². The lowest BCUT2D eigenvalue weighted by Crippen LogP contribution is -2.37. The maximum atomic E-state index is 12.0. The van der Waals surface area contributed by atoms with Gasteiger partial charge in [-0.05, 0) is 42.9 Å². The third-order valence-electron chi connectivity index (χ3n) is 4.23. The standard InChI is InChI=1S/C19H30N2O3/c1-6-19(4,5)16-8-10-17(11-9-16)24-14(2)18(23)21-13-7-12-20-15(3)22/h8-11,14H,6-7,12-13H2,1-5H3,(H,20,22)(H,21,23). The molecular weight excluding hydrogens is 304 g/mol. The Hall–Kier alpha value is -2.04. The van der Waals surface area contributed by atoms with E-state index >= 15 is 0 Å². The summed E-state index contributed by atoms with van der Waals surface area (Å²) in [5, 5.41) is 5.49. The van der Waals surface area contributed by atoms with Crippen LogP contribution in [0.4, 0.5) is 0 Å². The molecule has 134 valence electrons. The Labute approximate surface area is 145 Å². The Bertz CT molecular complexity index is 538. The summed E-state index contributed by atoms with van der Waals surface area (Å²) in [5.74, 6) is 0.468. The second-order valence-electron chi connectivity index (χ2n) is 6.65. The third kappa shape index (κ3) is 6.60. The highest BCUT2D eigenvalue weighted by Gasteiger charge is 2.18. The number of hydrogen-bond donors (Lipinski definition) is 2. The summed E-state index contributed by atoms with van der Waals surface area (Å²) in [5.41, 5.74) is 1.39. The van der Waals surface area contributed by atoms with E-state index < -0.39 is 6.10 Å². The fourth-order valence-electron chi connectivity index (χ4n) is 2.15. The smallest absolute Gasteiger partial charge is 0.260 e. The summed E-state index contributed by atoms with van der Waals surface area (Å²) in [7, 11) is 0. The Morgan fingerprint density at radius 2 is 1.71 bits per heavy atom. The highest BCUT2D eigenvalue weighted by molar-refractivity contribution is 5.80. The van der Waals surface area contributed by atoms with Gasteiger partial charge >= 0.3 is 0 Å². The zero-order chi connectivity index (χ0) is 18.2. The van der Waals surface area contributed by atoms with Crippen molar-refractivity contribution < 1.29 is 14.3 Å². The molecule has 0 aliphatic rings. The van der Waals surface area contributed by atoms with Crippen LogP contribution in [0.5, 0.6) is 5.75 Å². The Morgan fingerprint density at radius 3 is 2.25 bits per heavy atom. The number of amides is 2. The van der Waals surface area contributed by atoms with Gasteiger partial charge in [-0.1, -0.05) is 32.9 Å². The largest absolute Gasteiger partial charge is 0.481 e. The van der Waals surface area contributed by atoms with Gasteiger partial charge in [-0.25, -0.2) is 0 Å². The number of carbonyl (C=O) groups is 2. The Balaban J connectivity index is 2.42. The van der Waals surface area contributed by atoms with E-state index in [-0.39, 0.29) is 17.2 Å². The second-order valence-corrected chi connectivity index (χ2v) is 6.65. The van der Waals surface area contributed by atoms with Crippen molar-refractivity contribution in [3.63, 3.8) is 0 Å². The zero-order valence-electron chi connectivity index (χ0n) is 15.4. The van der Waals surface area contributed by atoms with Crippen molar-refractivity contribution in [3.8, 4) is 5.75 Å². The number of carbonyl (C=O) groups excluding carboxylic acids is 2. The molecule has 0 fully saturated rings.